The van der Waals surface area contributed by atoms with Crippen LogP contribution in [0.15, 0.2) is 36.5 Å². The average molecular weight is 292 g/mol. The van der Waals surface area contributed by atoms with Gasteiger partial charge in [0.2, 0.25) is 0 Å². The van der Waals surface area contributed by atoms with E-state index in [1.807, 2.05) is 29.9 Å². The zero-order valence-corrected chi connectivity index (χ0v) is 11.0. The van der Waals surface area contributed by atoms with Crippen LogP contribution >= 0.6 is 0 Å². The molecular weight excluding hydrogens is 281 g/mol. The van der Waals surface area contributed by atoms with Crippen molar-refractivity contribution in [1.29, 1.82) is 0 Å². The molecule has 3 nitrogen and oxygen atoms in total. The van der Waals surface area contributed by atoms with Gasteiger partial charge < -0.3 is 9.88 Å². The van der Waals surface area contributed by atoms with Crippen LogP contribution < -0.4 is 5.32 Å². The molecule has 6 heteroatoms. The fourth-order valence-corrected chi connectivity index (χ4v) is 2.29. The third kappa shape index (κ3) is 2.33. The van der Waals surface area contributed by atoms with E-state index < -0.39 is 17.6 Å². The number of alkyl halides is 3. The number of nitrogens with zero attached hydrogens (tertiary/aromatic N) is 1. The predicted octanol–water partition coefficient (Wildman–Crippen LogP) is 3.54. The Morgan fingerprint density at radius 1 is 1.24 bits per heavy atom. The number of carbonyl (C=O) groups is 1. The highest BCUT2D eigenvalue weighted by Gasteiger charge is 2.33. The summed E-state index contributed by atoms with van der Waals surface area (Å²) in [6.07, 6.45) is -0.939. The summed E-state index contributed by atoms with van der Waals surface area (Å²) < 4.78 is 39.9. The van der Waals surface area contributed by atoms with Crippen molar-refractivity contribution >= 4 is 23.2 Å². The van der Waals surface area contributed by atoms with Crippen molar-refractivity contribution < 1.29 is 18.0 Å². The molecule has 0 saturated carbocycles. The number of anilines is 1. The number of amides is 1. The van der Waals surface area contributed by atoms with Crippen molar-refractivity contribution in [3.63, 3.8) is 0 Å². The van der Waals surface area contributed by atoms with E-state index in [4.69, 9.17) is 0 Å². The van der Waals surface area contributed by atoms with E-state index in [9.17, 15) is 18.0 Å². The molecule has 0 bridgehead atoms. The van der Waals surface area contributed by atoms with Crippen molar-refractivity contribution in [2.24, 2.45) is 7.05 Å². The molecule has 0 saturated heterocycles. The molecule has 1 amide bonds. The first-order valence-electron chi connectivity index (χ1n) is 6.22. The summed E-state index contributed by atoms with van der Waals surface area (Å²) in [4.78, 5) is 12.0. The van der Waals surface area contributed by atoms with Crippen LogP contribution in [0.3, 0.4) is 0 Å². The van der Waals surface area contributed by atoms with E-state index in [1.54, 1.807) is 6.08 Å². The van der Waals surface area contributed by atoms with Crippen molar-refractivity contribution in [3.05, 3.63) is 53.3 Å². The zero-order valence-electron chi connectivity index (χ0n) is 11.0. The number of carbonyl (C=O) groups excluding carboxylic acids is 1. The molecule has 0 aliphatic carbocycles. The number of aryl methyl sites for hydroxylation is 1. The molecule has 0 spiro atoms. The fraction of sp³-hybridized carbons (Fsp3) is 0.133. The summed E-state index contributed by atoms with van der Waals surface area (Å²) in [5, 5.41) is 2.48. The van der Waals surface area contributed by atoms with Crippen LogP contribution in [0.1, 0.15) is 16.8 Å². The Morgan fingerprint density at radius 2 is 2.00 bits per heavy atom. The van der Waals surface area contributed by atoms with Crippen molar-refractivity contribution in [2.75, 3.05) is 5.32 Å². The first-order chi connectivity index (χ1) is 9.86. The minimum absolute atomic E-state index is 0.190. The minimum Gasteiger partial charge on any atom is -0.351 e. The summed E-state index contributed by atoms with van der Waals surface area (Å²) in [6.45, 7) is 0. The maximum absolute atomic E-state index is 12.7. The number of halogens is 3. The van der Waals surface area contributed by atoms with Gasteiger partial charge in [-0.25, -0.2) is 0 Å². The summed E-state index contributed by atoms with van der Waals surface area (Å²) in [5.74, 6) is -0.398. The van der Waals surface area contributed by atoms with Gasteiger partial charge in [0, 0.05) is 30.2 Å². The Morgan fingerprint density at radius 3 is 2.62 bits per heavy atom. The highest BCUT2D eigenvalue weighted by atomic mass is 19.4. The molecule has 1 aromatic heterocycles. The minimum atomic E-state index is -4.43. The van der Waals surface area contributed by atoms with Gasteiger partial charge in [0.15, 0.2) is 0 Å². The number of aromatic nitrogens is 1. The largest absolute Gasteiger partial charge is 0.416 e. The van der Waals surface area contributed by atoms with Gasteiger partial charge in [-0.15, -0.1) is 0 Å². The lowest BCUT2D eigenvalue weighted by Gasteiger charge is -2.08. The van der Waals surface area contributed by atoms with Gasteiger partial charge in [-0.3, -0.25) is 4.79 Å². The molecule has 0 unspecified atom stereocenters. The number of nitrogens with one attached hydrogen (secondary N) is 1. The molecule has 2 aromatic rings. The van der Waals surface area contributed by atoms with Gasteiger partial charge in [0.05, 0.1) is 11.1 Å². The molecule has 1 aromatic carbocycles. The third-order valence-corrected chi connectivity index (χ3v) is 3.41. The third-order valence-electron chi connectivity index (χ3n) is 3.41. The molecule has 2 heterocycles. The Bertz CT molecular complexity index is 757. The van der Waals surface area contributed by atoms with Crippen LogP contribution in [0.25, 0.3) is 11.6 Å². The predicted molar refractivity (Wildman–Crippen MR) is 73.4 cm³/mol. The Kier molecular flexibility index (Phi) is 2.90. The van der Waals surface area contributed by atoms with Crippen LogP contribution in [0, 0.1) is 0 Å². The summed E-state index contributed by atoms with van der Waals surface area (Å²) >= 11 is 0. The first-order valence-corrected chi connectivity index (χ1v) is 6.22. The van der Waals surface area contributed by atoms with Gasteiger partial charge in [0.1, 0.15) is 0 Å². The van der Waals surface area contributed by atoms with Gasteiger partial charge >= 0.3 is 6.18 Å². The number of hydrogen-bond donors (Lipinski definition) is 1. The van der Waals surface area contributed by atoms with E-state index in [0.717, 1.165) is 17.8 Å². The maximum Gasteiger partial charge on any atom is 0.416 e. The van der Waals surface area contributed by atoms with E-state index in [0.29, 0.717) is 11.1 Å². The number of rotatable bonds is 1. The number of fused-ring (bicyclic) bond motifs is 1. The Balaban J connectivity index is 2.07. The van der Waals surface area contributed by atoms with Gasteiger partial charge in [-0.05, 0) is 30.3 Å². The van der Waals surface area contributed by atoms with E-state index in [-0.39, 0.29) is 5.69 Å². The van der Waals surface area contributed by atoms with Crippen LogP contribution in [-0.4, -0.2) is 10.5 Å². The van der Waals surface area contributed by atoms with E-state index in [1.165, 1.54) is 6.07 Å². The quantitative estimate of drug-likeness (QED) is 0.801. The van der Waals surface area contributed by atoms with E-state index >= 15 is 0 Å². The molecule has 1 aliphatic heterocycles. The monoisotopic (exact) mass is 292 g/mol. The lowest BCUT2D eigenvalue weighted by Crippen LogP contribution is -2.06. The summed E-state index contributed by atoms with van der Waals surface area (Å²) in [6, 6.07) is 6.91. The summed E-state index contributed by atoms with van der Waals surface area (Å²) in [5.41, 5.74) is 1.06. The van der Waals surface area contributed by atoms with Crippen LogP contribution in [0.2, 0.25) is 0 Å². The van der Waals surface area contributed by atoms with Crippen molar-refractivity contribution in [2.45, 2.75) is 6.18 Å². The molecule has 0 atom stereocenters. The lowest BCUT2D eigenvalue weighted by molar-refractivity contribution is -0.137. The second kappa shape index (κ2) is 4.51. The lowest BCUT2D eigenvalue weighted by atomic mass is 10.0. The molecule has 1 N–H and O–H groups in total. The normalized spacial score (nSPS) is 16.2. The Hall–Kier alpha value is -2.50. The summed E-state index contributed by atoms with van der Waals surface area (Å²) in [7, 11) is 1.83. The van der Waals surface area contributed by atoms with E-state index in [2.05, 4.69) is 5.32 Å². The smallest absolute Gasteiger partial charge is 0.351 e. The standard InChI is InChI=1S/C15H11F3N2O/c1-20-6-2-3-10(20)8-12-11-5-4-9(15(16,17)18)7-13(11)19-14(12)21/h2-8H,1H3,(H,19,21)/b12-8-. The fourth-order valence-electron chi connectivity index (χ4n) is 2.29. The zero-order chi connectivity index (χ0) is 15.2. The highest BCUT2D eigenvalue weighted by Crippen LogP contribution is 2.38. The second-order valence-electron chi connectivity index (χ2n) is 4.81. The number of benzene rings is 1. The molecule has 0 fully saturated rings. The molecular formula is C15H11F3N2O. The van der Waals surface area contributed by atoms with Gasteiger partial charge in [0.25, 0.3) is 5.91 Å². The molecule has 0 radical (unpaired) electrons. The van der Waals surface area contributed by atoms with Crippen molar-refractivity contribution in [1.82, 2.24) is 4.57 Å². The highest BCUT2D eigenvalue weighted by molar-refractivity contribution is 6.34. The van der Waals surface area contributed by atoms with Crippen LogP contribution in [0.4, 0.5) is 18.9 Å². The second-order valence-corrected chi connectivity index (χ2v) is 4.81. The first kappa shape index (κ1) is 13.5. The molecule has 3 rings (SSSR count). The van der Waals surface area contributed by atoms with Gasteiger partial charge in [-0.1, -0.05) is 6.07 Å². The maximum atomic E-state index is 12.7. The molecule has 21 heavy (non-hydrogen) atoms. The Labute approximate surface area is 118 Å². The number of hydrogen-bond acceptors (Lipinski definition) is 1. The topological polar surface area (TPSA) is 34.0 Å². The van der Waals surface area contributed by atoms with Crippen molar-refractivity contribution in [3.8, 4) is 0 Å². The average Bonchev–Trinajstić information content (AvgIpc) is 2.93. The van der Waals surface area contributed by atoms with Gasteiger partial charge in [-0.2, -0.15) is 13.2 Å². The van der Waals surface area contributed by atoms with Crippen LogP contribution in [0.5, 0.6) is 0 Å². The molecule has 1 aliphatic rings. The molecule has 108 valence electrons. The SMILES string of the molecule is Cn1cccc1/C=C1\C(=O)Nc2cc(C(F)(F)F)ccc21. The van der Waals surface area contributed by atoms with Crippen LogP contribution in [-0.2, 0) is 18.0 Å².